The second kappa shape index (κ2) is 10.8. The van der Waals surface area contributed by atoms with Crippen LogP contribution in [0.25, 0.3) is 0 Å². The Hall–Kier alpha value is -2.24. The van der Waals surface area contributed by atoms with Gasteiger partial charge in [-0.3, -0.25) is 0 Å². The molecule has 0 saturated heterocycles. The number of anilines is 1. The molecule has 1 aromatic carbocycles. The van der Waals surface area contributed by atoms with E-state index in [0.29, 0.717) is 18.2 Å². The van der Waals surface area contributed by atoms with Crippen molar-refractivity contribution in [3.05, 3.63) is 48.2 Å². The number of nitrogens with zero attached hydrogens (tertiary/aromatic N) is 2. The topological polar surface area (TPSA) is 81.8 Å². The molecule has 0 fully saturated rings. The lowest BCUT2D eigenvalue weighted by Gasteiger charge is -2.10. The third kappa shape index (κ3) is 8.33. The number of alkyl halides is 3. The number of aromatic nitrogens is 1. The van der Waals surface area contributed by atoms with Gasteiger partial charge in [0.05, 0.1) is 13.2 Å². The molecule has 0 spiro atoms. The van der Waals surface area contributed by atoms with Gasteiger partial charge in [-0.05, 0) is 36.8 Å². The number of nitrogens with one attached hydrogen (secondary N) is 1. The largest absolute Gasteiger partial charge is 0.573 e. The van der Waals surface area contributed by atoms with Crippen molar-refractivity contribution in [2.24, 2.45) is 10.7 Å². The van der Waals surface area contributed by atoms with Crippen LogP contribution in [0.5, 0.6) is 11.6 Å². The zero-order valence-corrected chi connectivity index (χ0v) is 16.8. The molecule has 0 amide bonds. The Morgan fingerprint density at radius 3 is 2.56 bits per heavy atom. The predicted octanol–water partition coefficient (Wildman–Crippen LogP) is 4.31. The van der Waals surface area contributed by atoms with Crippen molar-refractivity contribution in [1.29, 1.82) is 0 Å². The molecule has 0 bridgehead atoms. The second-order valence-electron chi connectivity index (χ2n) is 5.21. The van der Waals surface area contributed by atoms with E-state index in [0.717, 1.165) is 12.0 Å². The van der Waals surface area contributed by atoms with Crippen molar-refractivity contribution in [2.75, 3.05) is 11.9 Å². The number of aliphatic imine (C=N–C) groups is 1. The number of hydrogen-bond acceptors (Lipinski definition) is 4. The lowest BCUT2D eigenvalue weighted by Crippen LogP contribution is -2.22. The summed E-state index contributed by atoms with van der Waals surface area (Å²) in [4.78, 5) is 8.35. The van der Waals surface area contributed by atoms with Crippen LogP contribution in [0.4, 0.5) is 18.9 Å². The molecule has 0 aliphatic rings. The van der Waals surface area contributed by atoms with E-state index >= 15 is 0 Å². The molecule has 27 heavy (non-hydrogen) atoms. The van der Waals surface area contributed by atoms with Gasteiger partial charge in [0.2, 0.25) is 5.88 Å². The van der Waals surface area contributed by atoms with E-state index in [1.165, 1.54) is 24.3 Å². The Morgan fingerprint density at radius 1 is 1.22 bits per heavy atom. The number of nitrogens with two attached hydrogens (primary N) is 1. The maximum atomic E-state index is 12.1. The van der Waals surface area contributed by atoms with Gasteiger partial charge < -0.3 is 20.5 Å². The van der Waals surface area contributed by atoms with Gasteiger partial charge in [-0.1, -0.05) is 13.0 Å². The van der Waals surface area contributed by atoms with E-state index in [1.54, 1.807) is 12.3 Å². The highest BCUT2D eigenvalue weighted by molar-refractivity contribution is 14.0. The minimum Gasteiger partial charge on any atom is -0.477 e. The number of guanidine groups is 1. The van der Waals surface area contributed by atoms with Gasteiger partial charge in [0, 0.05) is 17.4 Å². The van der Waals surface area contributed by atoms with Crippen molar-refractivity contribution < 1.29 is 22.6 Å². The van der Waals surface area contributed by atoms with Crippen LogP contribution in [-0.2, 0) is 6.54 Å². The van der Waals surface area contributed by atoms with E-state index in [9.17, 15) is 13.2 Å². The first-order valence-electron chi connectivity index (χ1n) is 7.87. The van der Waals surface area contributed by atoms with Crippen molar-refractivity contribution in [1.82, 2.24) is 4.98 Å². The first-order valence-corrected chi connectivity index (χ1v) is 7.87. The lowest BCUT2D eigenvalue weighted by molar-refractivity contribution is -0.274. The van der Waals surface area contributed by atoms with E-state index in [2.05, 4.69) is 20.0 Å². The van der Waals surface area contributed by atoms with Crippen molar-refractivity contribution in [3.63, 3.8) is 0 Å². The van der Waals surface area contributed by atoms with Gasteiger partial charge in [-0.15, -0.1) is 37.1 Å². The molecule has 6 nitrogen and oxygen atoms in total. The van der Waals surface area contributed by atoms with Crippen LogP contribution in [-0.4, -0.2) is 23.9 Å². The zero-order chi connectivity index (χ0) is 19.0. The summed E-state index contributed by atoms with van der Waals surface area (Å²) >= 11 is 0. The summed E-state index contributed by atoms with van der Waals surface area (Å²) in [6.45, 7) is 2.79. The van der Waals surface area contributed by atoms with Gasteiger partial charge in [-0.2, -0.15) is 0 Å². The van der Waals surface area contributed by atoms with Crippen LogP contribution in [0.1, 0.15) is 18.9 Å². The summed E-state index contributed by atoms with van der Waals surface area (Å²) in [7, 11) is 0. The molecule has 0 atom stereocenters. The maximum Gasteiger partial charge on any atom is 0.573 e. The molecule has 1 aromatic heterocycles. The summed E-state index contributed by atoms with van der Waals surface area (Å²) in [6.07, 6.45) is -2.24. The van der Waals surface area contributed by atoms with E-state index in [1.807, 2.05) is 13.0 Å². The highest BCUT2D eigenvalue weighted by Crippen LogP contribution is 2.24. The number of pyridine rings is 1. The predicted molar refractivity (Wildman–Crippen MR) is 108 cm³/mol. The number of halogens is 4. The minimum absolute atomic E-state index is 0. The highest BCUT2D eigenvalue weighted by Gasteiger charge is 2.30. The van der Waals surface area contributed by atoms with Crippen LogP contribution < -0.4 is 20.5 Å². The molecular formula is C17H20F3IN4O2. The van der Waals surface area contributed by atoms with E-state index in [4.69, 9.17) is 10.5 Å². The van der Waals surface area contributed by atoms with Crippen LogP contribution in [0, 0.1) is 0 Å². The average Bonchev–Trinajstić information content (AvgIpc) is 2.59. The average molecular weight is 496 g/mol. The van der Waals surface area contributed by atoms with E-state index in [-0.39, 0.29) is 42.2 Å². The van der Waals surface area contributed by atoms with Gasteiger partial charge >= 0.3 is 6.36 Å². The Balaban J connectivity index is 0.00000364. The zero-order valence-electron chi connectivity index (χ0n) is 14.5. The molecule has 2 aromatic rings. The summed E-state index contributed by atoms with van der Waals surface area (Å²) < 4.78 is 45.7. The molecule has 0 radical (unpaired) electrons. The molecule has 0 aliphatic carbocycles. The molecule has 148 valence electrons. The molecular weight excluding hydrogens is 476 g/mol. The molecule has 2 rings (SSSR count). The summed E-state index contributed by atoms with van der Waals surface area (Å²) in [5, 5.41) is 2.79. The third-order valence-corrected chi connectivity index (χ3v) is 3.07. The second-order valence-corrected chi connectivity index (χ2v) is 5.21. The van der Waals surface area contributed by atoms with Crippen LogP contribution in [0.15, 0.2) is 47.6 Å². The Kier molecular flexibility index (Phi) is 9.12. The summed E-state index contributed by atoms with van der Waals surface area (Å²) in [6, 6.07) is 8.78. The van der Waals surface area contributed by atoms with Gasteiger partial charge in [0.1, 0.15) is 5.75 Å². The van der Waals surface area contributed by atoms with Crippen LogP contribution >= 0.6 is 24.0 Å². The van der Waals surface area contributed by atoms with Crippen molar-refractivity contribution in [2.45, 2.75) is 26.3 Å². The number of benzene rings is 1. The van der Waals surface area contributed by atoms with Crippen LogP contribution in [0.3, 0.4) is 0 Å². The fraction of sp³-hybridized carbons (Fsp3) is 0.294. The number of rotatable bonds is 7. The SMILES string of the molecule is CCCOc1ncccc1CN=C(N)Nc1ccc(OC(F)(F)F)cc1.I. The molecule has 0 aliphatic heterocycles. The maximum absolute atomic E-state index is 12.1. The Labute approximate surface area is 172 Å². The molecule has 0 saturated carbocycles. The summed E-state index contributed by atoms with van der Waals surface area (Å²) in [5.74, 6) is 0.297. The molecule has 3 N–H and O–H groups in total. The van der Waals surface area contributed by atoms with E-state index < -0.39 is 6.36 Å². The molecule has 0 unspecified atom stereocenters. The summed E-state index contributed by atoms with van der Waals surface area (Å²) in [5.41, 5.74) is 7.07. The quantitative estimate of drug-likeness (QED) is 0.339. The number of ether oxygens (including phenoxy) is 2. The fourth-order valence-corrected chi connectivity index (χ4v) is 1.97. The minimum atomic E-state index is -4.73. The Morgan fingerprint density at radius 2 is 1.93 bits per heavy atom. The monoisotopic (exact) mass is 496 g/mol. The first kappa shape index (κ1) is 22.8. The highest BCUT2D eigenvalue weighted by atomic mass is 127. The van der Waals surface area contributed by atoms with Gasteiger partial charge in [-0.25, -0.2) is 9.98 Å². The smallest absolute Gasteiger partial charge is 0.477 e. The van der Waals surface area contributed by atoms with Crippen LogP contribution in [0.2, 0.25) is 0 Å². The van der Waals surface area contributed by atoms with Gasteiger partial charge in [0.15, 0.2) is 5.96 Å². The Bertz CT molecular complexity index is 740. The third-order valence-electron chi connectivity index (χ3n) is 3.07. The fourth-order valence-electron chi connectivity index (χ4n) is 1.97. The first-order chi connectivity index (χ1) is 12.4. The lowest BCUT2D eigenvalue weighted by atomic mass is 10.3. The number of hydrogen-bond donors (Lipinski definition) is 2. The molecule has 10 heteroatoms. The van der Waals surface area contributed by atoms with Crippen molar-refractivity contribution in [3.8, 4) is 11.6 Å². The molecule has 1 heterocycles. The van der Waals surface area contributed by atoms with Gasteiger partial charge in [0.25, 0.3) is 0 Å². The normalized spacial score (nSPS) is 11.5. The van der Waals surface area contributed by atoms with Crippen molar-refractivity contribution >= 4 is 35.6 Å². The standard InChI is InChI=1S/C17H19F3N4O2.HI/c1-2-10-25-15-12(4-3-9-22-15)11-23-16(21)24-13-5-7-14(8-6-13)26-17(18,19)20;/h3-9H,2,10-11H2,1H3,(H3,21,23,24);1H.